The number of amides is 2. The van der Waals surface area contributed by atoms with E-state index in [2.05, 4.69) is 15.9 Å². The molecule has 0 radical (unpaired) electrons. The first-order valence-electron chi connectivity index (χ1n) is 12.1. The lowest BCUT2D eigenvalue weighted by Gasteiger charge is -2.26. The molecule has 3 aromatic rings. The van der Waals surface area contributed by atoms with Crippen molar-refractivity contribution in [3.05, 3.63) is 45.4 Å². The van der Waals surface area contributed by atoms with Crippen molar-refractivity contribution < 1.29 is 23.8 Å². The average Bonchev–Trinajstić information content (AvgIpc) is 3.44. The molecule has 4 heterocycles. The Kier molecular flexibility index (Phi) is 6.93. The van der Waals surface area contributed by atoms with Crippen LogP contribution in [0.1, 0.15) is 43.2 Å². The molecule has 5 rings (SSSR count). The molecule has 2 amide bonds. The van der Waals surface area contributed by atoms with E-state index in [1.165, 1.54) is 0 Å². The summed E-state index contributed by atoms with van der Waals surface area (Å²) in [7, 11) is 1.61. The van der Waals surface area contributed by atoms with Crippen LogP contribution in [0.2, 0.25) is 0 Å². The minimum Gasteiger partial charge on any atom is -0.495 e. The van der Waals surface area contributed by atoms with E-state index in [9.17, 15) is 9.59 Å². The maximum Gasteiger partial charge on any atom is 0.410 e. The van der Waals surface area contributed by atoms with Gasteiger partial charge in [0.15, 0.2) is 5.69 Å². The zero-order valence-corrected chi connectivity index (χ0v) is 23.6. The van der Waals surface area contributed by atoms with E-state index in [0.717, 1.165) is 26.3 Å². The van der Waals surface area contributed by atoms with Gasteiger partial charge in [-0.1, -0.05) is 0 Å². The number of carbonyl (C=O) groups excluding carboxylic acids is 2. The molecular weight excluding hydrogens is 560 g/mol. The molecule has 0 N–H and O–H groups in total. The fraction of sp³-hybridized carbons (Fsp3) is 0.423. The number of carbonyl (C=O) groups is 2. The zero-order chi connectivity index (χ0) is 26.3. The molecule has 2 aliphatic rings. The lowest BCUT2D eigenvalue weighted by Crippen LogP contribution is -2.40. The highest BCUT2D eigenvalue weighted by atomic mass is 79.9. The van der Waals surface area contributed by atoms with E-state index in [1.54, 1.807) is 28.2 Å². The molecule has 0 aliphatic carbocycles. The Morgan fingerprint density at radius 3 is 2.59 bits per heavy atom. The summed E-state index contributed by atoms with van der Waals surface area (Å²) in [5, 5.41) is 7.70. The molecule has 0 saturated carbocycles. The molecule has 2 aromatic heterocycles. The number of fused-ring (bicyclic) bond motifs is 3. The van der Waals surface area contributed by atoms with Crippen LogP contribution in [0.5, 0.6) is 11.5 Å². The van der Waals surface area contributed by atoms with Gasteiger partial charge < -0.3 is 24.0 Å². The molecule has 0 bridgehead atoms. The number of nitrogens with zero attached hydrogens (tertiary/aromatic N) is 4. The predicted molar refractivity (Wildman–Crippen MR) is 144 cm³/mol. The molecule has 1 fully saturated rings. The third-order valence-corrected chi connectivity index (χ3v) is 7.68. The third kappa shape index (κ3) is 5.06. The van der Waals surface area contributed by atoms with Gasteiger partial charge in [-0.3, -0.25) is 4.79 Å². The van der Waals surface area contributed by atoms with Crippen LogP contribution in [0.25, 0.3) is 16.3 Å². The van der Waals surface area contributed by atoms with E-state index < -0.39 is 5.60 Å². The second-order valence-electron chi connectivity index (χ2n) is 9.92. The summed E-state index contributed by atoms with van der Waals surface area (Å²) in [4.78, 5) is 29.9. The Hall–Kier alpha value is -3.05. The maximum absolute atomic E-state index is 13.8. The highest BCUT2D eigenvalue weighted by Gasteiger charge is 2.34. The highest BCUT2D eigenvalue weighted by Crippen LogP contribution is 2.45. The van der Waals surface area contributed by atoms with Gasteiger partial charge in [0.25, 0.3) is 5.91 Å². The van der Waals surface area contributed by atoms with Crippen LogP contribution in [0.3, 0.4) is 0 Å². The van der Waals surface area contributed by atoms with Crippen molar-refractivity contribution in [3.63, 3.8) is 0 Å². The van der Waals surface area contributed by atoms with Gasteiger partial charge in [-0.15, -0.1) is 11.3 Å². The van der Waals surface area contributed by atoms with E-state index >= 15 is 0 Å². The summed E-state index contributed by atoms with van der Waals surface area (Å²) in [5.41, 5.74) is 2.21. The fourth-order valence-corrected chi connectivity index (χ4v) is 5.70. The normalized spacial score (nSPS) is 15.4. The highest BCUT2D eigenvalue weighted by molar-refractivity contribution is 9.10. The van der Waals surface area contributed by atoms with E-state index in [-0.39, 0.29) is 18.6 Å². The Balaban J connectivity index is 1.48. The van der Waals surface area contributed by atoms with Crippen molar-refractivity contribution in [3.8, 4) is 27.8 Å². The smallest absolute Gasteiger partial charge is 0.410 e. The summed E-state index contributed by atoms with van der Waals surface area (Å²) in [6, 6.07) is 7.72. The van der Waals surface area contributed by atoms with Crippen LogP contribution in [-0.2, 0) is 11.3 Å². The summed E-state index contributed by atoms with van der Waals surface area (Å²) >= 11 is 5.13. The molecule has 11 heteroatoms. The van der Waals surface area contributed by atoms with E-state index in [0.29, 0.717) is 49.8 Å². The Labute approximate surface area is 228 Å². The number of thiophene rings is 1. The van der Waals surface area contributed by atoms with Crippen LogP contribution in [0, 0.1) is 0 Å². The van der Waals surface area contributed by atoms with Gasteiger partial charge in [0.2, 0.25) is 0 Å². The Bertz CT molecular complexity index is 1330. The van der Waals surface area contributed by atoms with Gasteiger partial charge in [-0.2, -0.15) is 5.10 Å². The second-order valence-corrected chi connectivity index (χ2v) is 11.7. The van der Waals surface area contributed by atoms with Crippen molar-refractivity contribution in [1.29, 1.82) is 0 Å². The first kappa shape index (κ1) is 25.6. The fourth-order valence-electron chi connectivity index (χ4n) is 4.51. The number of aromatic nitrogens is 2. The first-order chi connectivity index (χ1) is 17.7. The third-order valence-electron chi connectivity index (χ3n) is 6.22. The molecule has 0 spiro atoms. The van der Waals surface area contributed by atoms with Crippen LogP contribution in [0.4, 0.5) is 4.79 Å². The lowest BCUT2D eigenvalue weighted by atomic mass is 10.0. The second kappa shape index (κ2) is 10.0. The van der Waals surface area contributed by atoms with Gasteiger partial charge in [0.1, 0.15) is 28.7 Å². The summed E-state index contributed by atoms with van der Waals surface area (Å²) in [6.07, 6.45) is 0.303. The largest absolute Gasteiger partial charge is 0.495 e. The molecule has 2 aliphatic heterocycles. The Morgan fingerprint density at radius 1 is 1.14 bits per heavy atom. The molecule has 1 saturated heterocycles. The minimum atomic E-state index is -0.568. The number of rotatable bonds is 3. The van der Waals surface area contributed by atoms with Crippen molar-refractivity contribution in [2.75, 3.05) is 33.3 Å². The summed E-state index contributed by atoms with van der Waals surface area (Å²) < 4.78 is 19.7. The minimum absolute atomic E-state index is 0.169. The van der Waals surface area contributed by atoms with Crippen LogP contribution in [-0.4, -0.2) is 70.5 Å². The van der Waals surface area contributed by atoms with Crippen molar-refractivity contribution >= 4 is 39.3 Å². The molecule has 196 valence electrons. The number of hydrogen-bond acceptors (Lipinski definition) is 7. The monoisotopic (exact) mass is 588 g/mol. The number of benzene rings is 1. The predicted octanol–water partition coefficient (Wildman–Crippen LogP) is 5.35. The average molecular weight is 590 g/mol. The molecule has 9 nitrogen and oxygen atoms in total. The van der Waals surface area contributed by atoms with Crippen molar-refractivity contribution in [1.82, 2.24) is 19.6 Å². The van der Waals surface area contributed by atoms with Crippen LogP contribution >= 0.6 is 27.3 Å². The first-order valence-corrected chi connectivity index (χ1v) is 13.8. The maximum atomic E-state index is 13.8. The molecule has 1 aromatic carbocycles. The van der Waals surface area contributed by atoms with Gasteiger partial charge in [-0.05, 0) is 66.7 Å². The molecule has 0 atom stereocenters. The standard InChI is InChI=1S/C26H29BrN4O5S/c1-26(2,3)36-25(33)30-9-6-8-29(10-11-30)24(32)22-17-15-35-19-14-20(34-4)18(27)13-16(19)23(17)31(28-22)21-7-5-12-37-21/h5,7,12-14H,6,8-11,15H2,1-4H3. The molecule has 0 unspecified atom stereocenters. The summed E-state index contributed by atoms with van der Waals surface area (Å²) in [6.45, 7) is 7.63. The van der Waals surface area contributed by atoms with Crippen molar-refractivity contribution in [2.45, 2.75) is 39.4 Å². The van der Waals surface area contributed by atoms with E-state index in [1.807, 2.05) is 55.1 Å². The topological polar surface area (TPSA) is 86.1 Å². The summed E-state index contributed by atoms with van der Waals surface area (Å²) in [5.74, 6) is 1.17. The number of halogens is 1. The molecular formula is C26H29BrN4O5S. The number of methoxy groups -OCH3 is 1. The lowest BCUT2D eigenvalue weighted by molar-refractivity contribution is 0.0255. The van der Waals surface area contributed by atoms with Gasteiger partial charge in [0, 0.05) is 43.4 Å². The molecule has 37 heavy (non-hydrogen) atoms. The quantitative estimate of drug-likeness (QED) is 0.410. The number of ether oxygens (including phenoxy) is 3. The number of hydrogen-bond donors (Lipinski definition) is 0. The van der Waals surface area contributed by atoms with Gasteiger partial charge in [-0.25, -0.2) is 9.48 Å². The SMILES string of the molecule is COc1cc2c(cc1Br)-c1c(c(C(=O)N3CCCN(C(=O)OC(C)(C)C)CC3)nn1-c1cccs1)CO2. The van der Waals surface area contributed by atoms with Gasteiger partial charge in [0.05, 0.1) is 17.3 Å². The van der Waals surface area contributed by atoms with E-state index in [4.69, 9.17) is 19.3 Å². The van der Waals surface area contributed by atoms with Gasteiger partial charge >= 0.3 is 6.09 Å². The van der Waals surface area contributed by atoms with Crippen molar-refractivity contribution in [2.24, 2.45) is 0 Å². The Morgan fingerprint density at radius 2 is 1.89 bits per heavy atom. The van der Waals surface area contributed by atoms with Crippen LogP contribution < -0.4 is 9.47 Å². The van der Waals surface area contributed by atoms with Crippen LogP contribution in [0.15, 0.2) is 34.1 Å². The zero-order valence-electron chi connectivity index (χ0n) is 21.2.